The molecule has 0 unspecified atom stereocenters. The van der Waals surface area contributed by atoms with E-state index >= 15 is 0 Å². The molecule has 0 aromatic heterocycles. The normalized spacial score (nSPS) is 14.6. The van der Waals surface area contributed by atoms with E-state index in [0.29, 0.717) is 0 Å². The minimum atomic E-state index is 0.907. The highest BCUT2D eigenvalue weighted by molar-refractivity contribution is 5.57. The Balaban J connectivity index is 2.03. The van der Waals surface area contributed by atoms with Gasteiger partial charge in [0.25, 0.3) is 0 Å². The van der Waals surface area contributed by atoms with Crippen LogP contribution in [0.4, 0.5) is 5.69 Å². The van der Waals surface area contributed by atoms with Gasteiger partial charge >= 0.3 is 0 Å². The number of hydrogen-bond donors (Lipinski definition) is 0. The van der Waals surface area contributed by atoms with Crippen molar-refractivity contribution in [2.45, 2.75) is 6.42 Å². The smallest absolute Gasteiger partial charge is 0.122 e. The van der Waals surface area contributed by atoms with E-state index in [2.05, 4.69) is 41.3 Å². The van der Waals surface area contributed by atoms with Gasteiger partial charge in [-0.25, -0.2) is 0 Å². The molecule has 2 nitrogen and oxygen atoms in total. The topological polar surface area (TPSA) is 12.5 Å². The Morgan fingerprint density at radius 2 is 1.88 bits per heavy atom. The Morgan fingerprint density at radius 3 is 2.47 bits per heavy atom. The molecule has 0 bridgehead atoms. The van der Waals surface area contributed by atoms with Gasteiger partial charge in [-0.3, -0.25) is 0 Å². The predicted molar refractivity (Wildman–Crippen MR) is 72.7 cm³/mol. The number of ether oxygens (including phenoxy) is 1. The largest absolute Gasteiger partial charge is 0.466 e. The second-order valence-corrected chi connectivity index (χ2v) is 4.15. The lowest BCUT2D eigenvalue weighted by atomic mass is 10.1. The zero-order chi connectivity index (χ0) is 12.1. The van der Waals surface area contributed by atoms with Gasteiger partial charge in [-0.2, -0.15) is 0 Å². The molecule has 0 saturated carbocycles. The van der Waals surface area contributed by atoms with Gasteiger partial charge in [0.2, 0.25) is 0 Å². The summed E-state index contributed by atoms with van der Waals surface area (Å²) in [7, 11) is 4.08. The Kier molecular flexibility index (Phi) is 3.66. The van der Waals surface area contributed by atoms with Gasteiger partial charge in [-0.05, 0) is 42.3 Å². The Labute approximate surface area is 103 Å². The molecule has 0 saturated heterocycles. The summed E-state index contributed by atoms with van der Waals surface area (Å²) >= 11 is 0. The van der Waals surface area contributed by atoms with Gasteiger partial charge in [0, 0.05) is 19.8 Å². The van der Waals surface area contributed by atoms with Gasteiger partial charge in [0.05, 0.1) is 6.26 Å². The maximum absolute atomic E-state index is 5.35. The van der Waals surface area contributed by atoms with Crippen LogP contribution in [0.1, 0.15) is 12.0 Å². The molecule has 0 atom stereocenters. The third kappa shape index (κ3) is 3.25. The second-order valence-electron chi connectivity index (χ2n) is 4.15. The number of benzene rings is 1. The summed E-state index contributed by atoms with van der Waals surface area (Å²) in [5, 5.41) is 0. The second kappa shape index (κ2) is 5.39. The molecule has 0 radical (unpaired) electrons. The molecular formula is C15H17NO. The zero-order valence-corrected chi connectivity index (χ0v) is 10.3. The van der Waals surface area contributed by atoms with E-state index in [1.165, 1.54) is 11.3 Å². The van der Waals surface area contributed by atoms with Crippen molar-refractivity contribution in [3.63, 3.8) is 0 Å². The monoisotopic (exact) mass is 227 g/mol. The van der Waals surface area contributed by atoms with E-state index in [1.807, 2.05) is 26.2 Å². The lowest BCUT2D eigenvalue weighted by Gasteiger charge is -2.11. The number of hydrogen-bond acceptors (Lipinski definition) is 2. The molecule has 17 heavy (non-hydrogen) atoms. The molecule has 1 aromatic carbocycles. The number of nitrogens with zero attached hydrogens (tertiary/aromatic N) is 1. The summed E-state index contributed by atoms with van der Waals surface area (Å²) in [6.45, 7) is 0. The standard InChI is InChI=1S/C15H17NO/c1-16(2)14-9-6-13(7-10-14)8-11-15-5-3-4-12-17-15/h4-12H,3H2,1-2H3. The van der Waals surface area contributed by atoms with Crippen LogP contribution in [0.25, 0.3) is 6.08 Å². The van der Waals surface area contributed by atoms with Crippen LogP contribution >= 0.6 is 0 Å². The molecule has 1 heterocycles. The molecule has 0 fully saturated rings. The fraction of sp³-hybridized carbons (Fsp3) is 0.200. The van der Waals surface area contributed by atoms with Crippen LogP contribution in [0.2, 0.25) is 0 Å². The van der Waals surface area contributed by atoms with E-state index < -0.39 is 0 Å². The maximum atomic E-state index is 5.35. The molecular weight excluding hydrogens is 210 g/mol. The van der Waals surface area contributed by atoms with Gasteiger partial charge < -0.3 is 9.64 Å². The Hall–Kier alpha value is -1.96. The van der Waals surface area contributed by atoms with Crippen molar-refractivity contribution in [3.05, 3.63) is 60.1 Å². The van der Waals surface area contributed by atoms with Crippen molar-refractivity contribution in [2.24, 2.45) is 0 Å². The fourth-order valence-corrected chi connectivity index (χ4v) is 1.58. The van der Waals surface area contributed by atoms with Crippen molar-refractivity contribution < 1.29 is 4.74 Å². The lowest BCUT2D eigenvalue weighted by Crippen LogP contribution is -2.07. The number of anilines is 1. The van der Waals surface area contributed by atoms with Crippen molar-refractivity contribution in [3.8, 4) is 0 Å². The average molecular weight is 227 g/mol. The van der Waals surface area contributed by atoms with Crippen molar-refractivity contribution in [1.82, 2.24) is 0 Å². The minimum absolute atomic E-state index is 0.907. The first-order valence-electron chi connectivity index (χ1n) is 5.73. The summed E-state index contributed by atoms with van der Waals surface area (Å²) in [5.41, 5.74) is 2.38. The predicted octanol–water partition coefficient (Wildman–Crippen LogP) is 3.58. The quantitative estimate of drug-likeness (QED) is 0.782. The maximum Gasteiger partial charge on any atom is 0.122 e. The van der Waals surface area contributed by atoms with Crippen LogP contribution < -0.4 is 4.90 Å². The van der Waals surface area contributed by atoms with Crippen LogP contribution in [0, 0.1) is 0 Å². The first-order chi connectivity index (χ1) is 8.25. The van der Waals surface area contributed by atoms with Crippen LogP contribution in [-0.2, 0) is 4.74 Å². The van der Waals surface area contributed by atoms with Crippen LogP contribution in [-0.4, -0.2) is 14.1 Å². The SMILES string of the molecule is CN(C)c1ccc(C=CC2=CCC=CO2)cc1. The van der Waals surface area contributed by atoms with E-state index in [9.17, 15) is 0 Å². The highest BCUT2D eigenvalue weighted by Gasteiger charge is 1.96. The van der Waals surface area contributed by atoms with Gasteiger partial charge in [-0.1, -0.05) is 18.2 Å². The summed E-state index contributed by atoms with van der Waals surface area (Å²) < 4.78 is 5.35. The molecule has 0 N–H and O–H groups in total. The van der Waals surface area contributed by atoms with E-state index in [4.69, 9.17) is 4.74 Å². The lowest BCUT2D eigenvalue weighted by molar-refractivity contribution is 0.359. The van der Waals surface area contributed by atoms with E-state index in [0.717, 1.165) is 12.2 Å². The molecule has 0 amide bonds. The third-order valence-corrected chi connectivity index (χ3v) is 2.61. The zero-order valence-electron chi connectivity index (χ0n) is 10.3. The number of allylic oxidation sites excluding steroid dienone is 3. The first-order valence-corrected chi connectivity index (χ1v) is 5.73. The highest BCUT2D eigenvalue weighted by atomic mass is 16.5. The van der Waals surface area contributed by atoms with Gasteiger partial charge in [0.1, 0.15) is 5.76 Å². The molecule has 2 rings (SSSR count). The minimum Gasteiger partial charge on any atom is -0.466 e. The molecule has 88 valence electrons. The van der Waals surface area contributed by atoms with E-state index in [1.54, 1.807) is 6.26 Å². The third-order valence-electron chi connectivity index (χ3n) is 2.61. The van der Waals surface area contributed by atoms with E-state index in [-0.39, 0.29) is 0 Å². The molecule has 0 spiro atoms. The van der Waals surface area contributed by atoms with Crippen molar-refractivity contribution in [2.75, 3.05) is 19.0 Å². The summed E-state index contributed by atoms with van der Waals surface area (Å²) in [5.74, 6) is 0.907. The fourth-order valence-electron chi connectivity index (χ4n) is 1.58. The highest BCUT2D eigenvalue weighted by Crippen LogP contribution is 2.15. The van der Waals surface area contributed by atoms with Crippen molar-refractivity contribution >= 4 is 11.8 Å². The first kappa shape index (κ1) is 11.5. The Bertz CT molecular complexity index is 452. The molecule has 2 heteroatoms. The molecule has 0 aliphatic carbocycles. The molecule has 1 aromatic rings. The number of rotatable bonds is 3. The molecule has 1 aliphatic rings. The van der Waals surface area contributed by atoms with Crippen LogP contribution in [0.15, 0.2) is 54.5 Å². The van der Waals surface area contributed by atoms with Crippen molar-refractivity contribution in [1.29, 1.82) is 0 Å². The average Bonchev–Trinajstić information content (AvgIpc) is 2.38. The Morgan fingerprint density at radius 1 is 1.12 bits per heavy atom. The van der Waals surface area contributed by atoms with Crippen LogP contribution in [0.5, 0.6) is 0 Å². The summed E-state index contributed by atoms with van der Waals surface area (Å²) in [6.07, 6.45) is 10.8. The van der Waals surface area contributed by atoms with Crippen LogP contribution in [0.3, 0.4) is 0 Å². The summed E-state index contributed by atoms with van der Waals surface area (Å²) in [6, 6.07) is 8.42. The summed E-state index contributed by atoms with van der Waals surface area (Å²) in [4.78, 5) is 2.09. The van der Waals surface area contributed by atoms with Gasteiger partial charge in [0.15, 0.2) is 0 Å². The van der Waals surface area contributed by atoms with Gasteiger partial charge in [-0.15, -0.1) is 0 Å². The molecule has 1 aliphatic heterocycles.